The van der Waals surface area contributed by atoms with Crippen LogP contribution in [0, 0.1) is 0 Å². The van der Waals surface area contributed by atoms with Gasteiger partial charge in [0.1, 0.15) is 12.1 Å². The topological polar surface area (TPSA) is 58.6 Å². The van der Waals surface area contributed by atoms with Crippen molar-refractivity contribution in [1.29, 1.82) is 0 Å². The number of hydrogen-bond donors (Lipinski definition) is 1. The van der Waals surface area contributed by atoms with E-state index in [2.05, 4.69) is 5.32 Å². The maximum atomic E-state index is 12.4. The SMILES string of the molecule is CC(C)(C)OC(=O)NCC(=O)N1CCCC1c1cccc(Cl)c1. The Morgan fingerprint density at radius 3 is 2.78 bits per heavy atom. The molecule has 0 aromatic heterocycles. The molecular formula is C17H23ClN2O3. The van der Waals surface area contributed by atoms with Crippen LogP contribution in [-0.4, -0.2) is 35.6 Å². The summed E-state index contributed by atoms with van der Waals surface area (Å²) in [6, 6.07) is 7.58. The molecule has 0 radical (unpaired) electrons. The van der Waals surface area contributed by atoms with E-state index in [4.69, 9.17) is 16.3 Å². The largest absolute Gasteiger partial charge is 0.444 e. The minimum absolute atomic E-state index is 0.0154. The van der Waals surface area contributed by atoms with E-state index in [0.29, 0.717) is 11.6 Å². The predicted octanol–water partition coefficient (Wildman–Crippen LogP) is 3.53. The van der Waals surface area contributed by atoms with Crippen LogP contribution in [0.4, 0.5) is 4.79 Å². The van der Waals surface area contributed by atoms with Gasteiger partial charge >= 0.3 is 6.09 Å². The molecule has 0 spiro atoms. The van der Waals surface area contributed by atoms with Gasteiger partial charge in [0.2, 0.25) is 5.91 Å². The smallest absolute Gasteiger partial charge is 0.408 e. The highest BCUT2D eigenvalue weighted by Crippen LogP contribution is 2.32. The Morgan fingerprint density at radius 1 is 1.39 bits per heavy atom. The molecule has 1 fully saturated rings. The molecule has 1 aromatic rings. The molecule has 1 saturated heterocycles. The maximum Gasteiger partial charge on any atom is 0.408 e. The van der Waals surface area contributed by atoms with Crippen LogP contribution in [0.5, 0.6) is 0 Å². The third-order valence-corrected chi connectivity index (χ3v) is 3.82. The zero-order valence-electron chi connectivity index (χ0n) is 13.8. The van der Waals surface area contributed by atoms with Gasteiger partial charge in [-0.15, -0.1) is 0 Å². The fourth-order valence-electron chi connectivity index (χ4n) is 2.69. The van der Waals surface area contributed by atoms with E-state index in [-0.39, 0.29) is 18.5 Å². The Kier molecular flexibility index (Phi) is 5.52. The Balaban J connectivity index is 1.94. The second-order valence-corrected chi connectivity index (χ2v) is 7.09. The van der Waals surface area contributed by atoms with Gasteiger partial charge in [0.25, 0.3) is 0 Å². The van der Waals surface area contributed by atoms with Gasteiger partial charge < -0.3 is 15.0 Å². The molecule has 126 valence electrons. The summed E-state index contributed by atoms with van der Waals surface area (Å²) in [6.07, 6.45) is 1.26. The lowest BCUT2D eigenvalue weighted by Gasteiger charge is -2.26. The van der Waals surface area contributed by atoms with Crippen LogP contribution < -0.4 is 5.32 Å². The molecule has 23 heavy (non-hydrogen) atoms. The van der Waals surface area contributed by atoms with Gasteiger partial charge in [-0.1, -0.05) is 23.7 Å². The zero-order chi connectivity index (χ0) is 17.0. The summed E-state index contributed by atoms with van der Waals surface area (Å²) in [7, 11) is 0. The summed E-state index contributed by atoms with van der Waals surface area (Å²) >= 11 is 6.04. The molecule has 1 atom stereocenters. The highest BCUT2D eigenvalue weighted by atomic mass is 35.5. The van der Waals surface area contributed by atoms with Crippen molar-refractivity contribution in [3.8, 4) is 0 Å². The van der Waals surface area contributed by atoms with E-state index in [1.165, 1.54) is 0 Å². The predicted molar refractivity (Wildman–Crippen MR) is 89.4 cm³/mol. The number of nitrogens with zero attached hydrogens (tertiary/aromatic N) is 1. The van der Waals surface area contributed by atoms with Gasteiger partial charge in [0, 0.05) is 11.6 Å². The second-order valence-electron chi connectivity index (χ2n) is 6.66. The van der Waals surface area contributed by atoms with Gasteiger partial charge in [0.15, 0.2) is 0 Å². The van der Waals surface area contributed by atoms with Crippen LogP contribution in [0.2, 0.25) is 5.02 Å². The first-order valence-corrected chi connectivity index (χ1v) is 8.16. The Hall–Kier alpha value is -1.75. The molecule has 6 heteroatoms. The van der Waals surface area contributed by atoms with Crippen molar-refractivity contribution in [2.45, 2.75) is 45.3 Å². The van der Waals surface area contributed by atoms with E-state index in [9.17, 15) is 9.59 Å². The van der Waals surface area contributed by atoms with Crippen molar-refractivity contribution in [2.24, 2.45) is 0 Å². The average Bonchev–Trinajstić information content (AvgIpc) is 2.92. The van der Waals surface area contributed by atoms with Gasteiger partial charge in [-0.25, -0.2) is 4.79 Å². The van der Waals surface area contributed by atoms with E-state index < -0.39 is 11.7 Å². The molecule has 1 aliphatic rings. The van der Waals surface area contributed by atoms with Gasteiger partial charge in [0.05, 0.1) is 6.04 Å². The van der Waals surface area contributed by atoms with Crippen LogP contribution in [0.3, 0.4) is 0 Å². The monoisotopic (exact) mass is 338 g/mol. The van der Waals surface area contributed by atoms with E-state index in [0.717, 1.165) is 18.4 Å². The quantitative estimate of drug-likeness (QED) is 0.917. The highest BCUT2D eigenvalue weighted by molar-refractivity contribution is 6.30. The van der Waals surface area contributed by atoms with Crippen LogP contribution in [0.1, 0.15) is 45.2 Å². The number of hydrogen-bond acceptors (Lipinski definition) is 3. The highest BCUT2D eigenvalue weighted by Gasteiger charge is 2.30. The molecule has 5 nitrogen and oxygen atoms in total. The Morgan fingerprint density at radius 2 is 2.13 bits per heavy atom. The standard InChI is InChI=1S/C17H23ClN2O3/c1-17(2,3)23-16(22)19-11-15(21)20-9-5-8-14(20)12-6-4-7-13(18)10-12/h4,6-7,10,14H,5,8-9,11H2,1-3H3,(H,19,22). The first-order valence-electron chi connectivity index (χ1n) is 7.78. The number of benzene rings is 1. The molecule has 2 amide bonds. The minimum Gasteiger partial charge on any atom is -0.444 e. The summed E-state index contributed by atoms with van der Waals surface area (Å²) in [5.41, 5.74) is 0.449. The van der Waals surface area contributed by atoms with Crippen LogP contribution >= 0.6 is 11.6 Å². The number of likely N-dealkylation sites (tertiary alicyclic amines) is 1. The molecule has 1 N–H and O–H groups in total. The van der Waals surface area contributed by atoms with Crippen molar-refractivity contribution in [1.82, 2.24) is 10.2 Å². The molecule has 1 heterocycles. The number of amides is 2. The molecule has 0 bridgehead atoms. The molecule has 1 aromatic carbocycles. The summed E-state index contributed by atoms with van der Waals surface area (Å²) < 4.78 is 5.14. The first-order chi connectivity index (χ1) is 10.8. The lowest BCUT2D eigenvalue weighted by molar-refractivity contribution is -0.131. The lowest BCUT2D eigenvalue weighted by atomic mass is 10.0. The number of carbonyl (C=O) groups is 2. The number of nitrogens with one attached hydrogen (secondary N) is 1. The van der Waals surface area contributed by atoms with Crippen LogP contribution in [0.15, 0.2) is 24.3 Å². The fourth-order valence-corrected chi connectivity index (χ4v) is 2.89. The molecule has 1 aliphatic heterocycles. The van der Waals surface area contributed by atoms with Crippen molar-refractivity contribution < 1.29 is 14.3 Å². The maximum absolute atomic E-state index is 12.4. The van der Waals surface area contributed by atoms with E-state index >= 15 is 0 Å². The van der Waals surface area contributed by atoms with Crippen molar-refractivity contribution in [3.63, 3.8) is 0 Å². The molecule has 0 aliphatic carbocycles. The summed E-state index contributed by atoms with van der Waals surface area (Å²) in [4.78, 5) is 25.9. The van der Waals surface area contributed by atoms with E-state index in [1.54, 1.807) is 25.7 Å². The third-order valence-electron chi connectivity index (χ3n) is 3.59. The van der Waals surface area contributed by atoms with Crippen LogP contribution in [-0.2, 0) is 9.53 Å². The van der Waals surface area contributed by atoms with Gasteiger partial charge in [-0.05, 0) is 51.3 Å². The first kappa shape index (κ1) is 17.6. The van der Waals surface area contributed by atoms with Gasteiger partial charge in [-0.3, -0.25) is 4.79 Å². The van der Waals surface area contributed by atoms with Crippen molar-refractivity contribution in [2.75, 3.05) is 13.1 Å². The number of halogens is 1. The lowest BCUT2D eigenvalue weighted by Crippen LogP contribution is -2.41. The summed E-state index contributed by atoms with van der Waals surface area (Å²) in [6.45, 7) is 5.97. The number of carbonyl (C=O) groups excluding carboxylic acids is 2. The van der Waals surface area contributed by atoms with Crippen molar-refractivity contribution in [3.05, 3.63) is 34.9 Å². The Labute approximate surface area is 141 Å². The number of ether oxygens (including phenoxy) is 1. The number of alkyl carbamates (subject to hydrolysis) is 1. The molecule has 1 unspecified atom stereocenters. The number of rotatable bonds is 3. The summed E-state index contributed by atoms with van der Waals surface area (Å²) in [5, 5.41) is 3.18. The molecular weight excluding hydrogens is 316 g/mol. The third kappa shape index (κ3) is 5.13. The average molecular weight is 339 g/mol. The van der Waals surface area contributed by atoms with Crippen LogP contribution in [0.25, 0.3) is 0 Å². The summed E-state index contributed by atoms with van der Waals surface area (Å²) in [5.74, 6) is -0.113. The van der Waals surface area contributed by atoms with Crippen molar-refractivity contribution >= 4 is 23.6 Å². The zero-order valence-corrected chi connectivity index (χ0v) is 14.5. The van der Waals surface area contributed by atoms with Gasteiger partial charge in [-0.2, -0.15) is 0 Å². The fraction of sp³-hybridized carbons (Fsp3) is 0.529. The second kappa shape index (κ2) is 7.21. The minimum atomic E-state index is -0.579. The van der Waals surface area contributed by atoms with E-state index in [1.807, 2.05) is 24.3 Å². The normalized spacial score (nSPS) is 17.9. The molecule has 0 saturated carbocycles. The Bertz CT molecular complexity index is 583. The molecule has 2 rings (SSSR count).